The number of nitrogens with zero attached hydrogens (tertiary/aromatic N) is 1. The fourth-order valence-electron chi connectivity index (χ4n) is 2.69. The summed E-state index contributed by atoms with van der Waals surface area (Å²) in [4.78, 5) is 12.1. The lowest BCUT2D eigenvalue weighted by Gasteiger charge is -2.27. The van der Waals surface area contributed by atoms with Crippen LogP contribution in [0.2, 0.25) is 0 Å². The molecule has 1 fully saturated rings. The minimum Gasteiger partial charge on any atom is -0.391 e. The molecule has 2 aromatic rings. The minimum atomic E-state index is -0.532. The Morgan fingerprint density at radius 1 is 1.32 bits per heavy atom. The molecule has 0 bridgehead atoms. The lowest BCUT2D eigenvalue weighted by molar-refractivity contribution is 0.0711. The maximum absolute atomic E-state index is 13.7. The second-order valence-electron chi connectivity index (χ2n) is 5.49. The molecule has 2 atom stereocenters. The van der Waals surface area contributed by atoms with Crippen LogP contribution >= 0.6 is 0 Å². The Bertz CT molecular complexity index is 671. The monoisotopic (exact) mass is 304 g/mol. The van der Waals surface area contributed by atoms with Crippen molar-refractivity contribution >= 4 is 5.91 Å². The number of halogens is 1. The van der Waals surface area contributed by atoms with E-state index < -0.39 is 17.8 Å². The predicted molar refractivity (Wildman–Crippen MR) is 77.6 cm³/mol. The van der Waals surface area contributed by atoms with Gasteiger partial charge in [0.15, 0.2) is 11.5 Å². The van der Waals surface area contributed by atoms with Crippen LogP contribution in [0.3, 0.4) is 0 Å². The topological polar surface area (TPSA) is 75.4 Å². The van der Waals surface area contributed by atoms with Gasteiger partial charge in [0.1, 0.15) is 5.82 Å². The Morgan fingerprint density at radius 3 is 2.86 bits per heavy atom. The average Bonchev–Trinajstić information content (AvgIpc) is 3.00. The lowest BCUT2D eigenvalue weighted by Crippen LogP contribution is -2.45. The fraction of sp³-hybridized carbons (Fsp3) is 0.375. The number of benzene rings is 1. The van der Waals surface area contributed by atoms with Crippen molar-refractivity contribution in [2.75, 3.05) is 0 Å². The van der Waals surface area contributed by atoms with E-state index in [4.69, 9.17) is 4.52 Å². The molecule has 1 aromatic heterocycles. The van der Waals surface area contributed by atoms with E-state index in [-0.39, 0.29) is 23.1 Å². The molecule has 1 amide bonds. The van der Waals surface area contributed by atoms with Gasteiger partial charge in [0.2, 0.25) is 0 Å². The van der Waals surface area contributed by atoms with E-state index in [0.717, 1.165) is 19.3 Å². The number of nitrogens with one attached hydrogen (secondary N) is 1. The fourth-order valence-corrected chi connectivity index (χ4v) is 2.69. The molecule has 3 rings (SSSR count). The summed E-state index contributed by atoms with van der Waals surface area (Å²) in [6, 6.07) is 7.27. The van der Waals surface area contributed by atoms with E-state index in [2.05, 4.69) is 10.5 Å². The third-order valence-electron chi connectivity index (χ3n) is 3.93. The molecule has 0 aliphatic heterocycles. The third kappa shape index (κ3) is 3.01. The number of aliphatic hydroxyl groups excluding tert-OH is 1. The van der Waals surface area contributed by atoms with E-state index in [0.29, 0.717) is 6.42 Å². The van der Waals surface area contributed by atoms with E-state index in [9.17, 15) is 14.3 Å². The van der Waals surface area contributed by atoms with Gasteiger partial charge in [-0.15, -0.1) is 0 Å². The van der Waals surface area contributed by atoms with Crippen LogP contribution < -0.4 is 5.32 Å². The average molecular weight is 304 g/mol. The normalized spacial score (nSPS) is 21.5. The predicted octanol–water partition coefficient (Wildman–Crippen LogP) is 2.51. The van der Waals surface area contributed by atoms with Gasteiger partial charge < -0.3 is 14.9 Å². The van der Waals surface area contributed by atoms with Crippen molar-refractivity contribution in [2.45, 2.75) is 37.8 Å². The van der Waals surface area contributed by atoms with Crippen molar-refractivity contribution in [2.24, 2.45) is 0 Å². The molecule has 22 heavy (non-hydrogen) atoms. The number of rotatable bonds is 3. The van der Waals surface area contributed by atoms with Gasteiger partial charge in [-0.2, -0.15) is 0 Å². The zero-order valence-electron chi connectivity index (χ0n) is 12.0. The number of amides is 1. The van der Waals surface area contributed by atoms with Crippen LogP contribution in [0.1, 0.15) is 36.2 Å². The van der Waals surface area contributed by atoms with Crippen molar-refractivity contribution in [3.8, 4) is 11.3 Å². The van der Waals surface area contributed by atoms with Crippen LogP contribution in [-0.2, 0) is 0 Å². The molecule has 1 aliphatic rings. The summed E-state index contributed by atoms with van der Waals surface area (Å²) in [6.45, 7) is 0. The van der Waals surface area contributed by atoms with Crippen molar-refractivity contribution in [1.29, 1.82) is 0 Å². The maximum atomic E-state index is 13.7. The number of carbonyl (C=O) groups excluding carboxylic acids is 1. The highest BCUT2D eigenvalue weighted by atomic mass is 19.1. The van der Waals surface area contributed by atoms with Gasteiger partial charge in [-0.1, -0.05) is 30.1 Å². The van der Waals surface area contributed by atoms with Crippen molar-refractivity contribution in [3.63, 3.8) is 0 Å². The van der Waals surface area contributed by atoms with Crippen LogP contribution in [0, 0.1) is 5.82 Å². The molecule has 116 valence electrons. The molecular weight excluding hydrogens is 287 g/mol. The number of aliphatic hydroxyl groups is 1. The Kier molecular flexibility index (Phi) is 4.20. The molecule has 1 saturated carbocycles. The third-order valence-corrected chi connectivity index (χ3v) is 3.93. The lowest BCUT2D eigenvalue weighted by atomic mass is 9.92. The standard InChI is InChI=1S/C16H17FN2O3/c17-11-6-2-1-5-10(11)15-9-13(19-22-15)16(21)18-12-7-3-4-8-14(12)20/h1-2,5-6,9,12,14,20H,3-4,7-8H2,(H,18,21). The van der Waals surface area contributed by atoms with Gasteiger partial charge in [0, 0.05) is 6.07 Å². The van der Waals surface area contributed by atoms with Crippen molar-refractivity contribution < 1.29 is 18.8 Å². The summed E-state index contributed by atoms with van der Waals surface area (Å²) in [5.74, 6) is -0.655. The Morgan fingerprint density at radius 2 is 2.09 bits per heavy atom. The van der Waals surface area contributed by atoms with Gasteiger partial charge in [-0.3, -0.25) is 4.79 Å². The molecular formula is C16H17FN2O3. The zero-order chi connectivity index (χ0) is 15.5. The first-order chi connectivity index (χ1) is 10.6. The zero-order valence-corrected chi connectivity index (χ0v) is 12.0. The maximum Gasteiger partial charge on any atom is 0.273 e. The summed E-state index contributed by atoms with van der Waals surface area (Å²) < 4.78 is 18.7. The summed E-state index contributed by atoms with van der Waals surface area (Å²) in [5, 5.41) is 16.3. The first-order valence-corrected chi connectivity index (χ1v) is 7.35. The first-order valence-electron chi connectivity index (χ1n) is 7.35. The summed E-state index contributed by atoms with van der Waals surface area (Å²) in [5.41, 5.74) is 0.336. The number of hydrogen-bond donors (Lipinski definition) is 2. The van der Waals surface area contributed by atoms with Gasteiger partial charge in [0.05, 0.1) is 17.7 Å². The molecule has 0 saturated heterocycles. The van der Waals surface area contributed by atoms with Crippen LogP contribution in [0.25, 0.3) is 11.3 Å². The molecule has 1 heterocycles. The molecule has 1 aliphatic carbocycles. The highest BCUT2D eigenvalue weighted by Crippen LogP contribution is 2.24. The van der Waals surface area contributed by atoms with Gasteiger partial charge in [0.25, 0.3) is 5.91 Å². The van der Waals surface area contributed by atoms with Crippen LogP contribution in [0.4, 0.5) is 4.39 Å². The Labute approximate surface area is 127 Å². The van der Waals surface area contributed by atoms with E-state index >= 15 is 0 Å². The molecule has 5 nitrogen and oxygen atoms in total. The Balaban J connectivity index is 1.73. The molecule has 2 N–H and O–H groups in total. The van der Waals surface area contributed by atoms with E-state index in [1.54, 1.807) is 18.2 Å². The Hall–Kier alpha value is -2.21. The van der Waals surface area contributed by atoms with E-state index in [1.165, 1.54) is 12.1 Å². The summed E-state index contributed by atoms with van der Waals surface area (Å²) in [7, 11) is 0. The molecule has 0 radical (unpaired) electrons. The van der Waals surface area contributed by atoms with Gasteiger partial charge in [-0.05, 0) is 25.0 Å². The molecule has 2 unspecified atom stereocenters. The van der Waals surface area contributed by atoms with Crippen LogP contribution in [0.15, 0.2) is 34.9 Å². The van der Waals surface area contributed by atoms with Gasteiger partial charge >= 0.3 is 0 Å². The van der Waals surface area contributed by atoms with Crippen molar-refractivity contribution in [1.82, 2.24) is 10.5 Å². The number of aromatic nitrogens is 1. The first kappa shape index (κ1) is 14.7. The summed E-state index contributed by atoms with van der Waals surface area (Å²) in [6.07, 6.45) is 2.83. The summed E-state index contributed by atoms with van der Waals surface area (Å²) >= 11 is 0. The second kappa shape index (κ2) is 6.27. The SMILES string of the molecule is O=C(NC1CCCCC1O)c1cc(-c2ccccc2F)on1. The highest BCUT2D eigenvalue weighted by molar-refractivity contribution is 5.93. The van der Waals surface area contributed by atoms with Crippen LogP contribution in [0.5, 0.6) is 0 Å². The smallest absolute Gasteiger partial charge is 0.273 e. The molecule has 1 aromatic carbocycles. The van der Waals surface area contributed by atoms with Crippen LogP contribution in [-0.4, -0.2) is 28.3 Å². The molecule has 6 heteroatoms. The van der Waals surface area contributed by atoms with Gasteiger partial charge in [-0.25, -0.2) is 4.39 Å². The minimum absolute atomic E-state index is 0.0797. The second-order valence-corrected chi connectivity index (χ2v) is 5.49. The largest absolute Gasteiger partial charge is 0.391 e. The van der Waals surface area contributed by atoms with Crippen molar-refractivity contribution in [3.05, 3.63) is 41.8 Å². The number of carbonyl (C=O) groups is 1. The quantitative estimate of drug-likeness (QED) is 0.913. The number of hydrogen-bond acceptors (Lipinski definition) is 4. The van der Waals surface area contributed by atoms with E-state index in [1.807, 2.05) is 0 Å². The molecule has 0 spiro atoms. The highest BCUT2D eigenvalue weighted by Gasteiger charge is 2.26.